The summed E-state index contributed by atoms with van der Waals surface area (Å²) >= 11 is 0. The van der Waals surface area contributed by atoms with Crippen molar-refractivity contribution in [3.63, 3.8) is 0 Å². The molecule has 0 saturated carbocycles. The average molecular weight is 348 g/mol. The third-order valence-electron chi connectivity index (χ3n) is 3.74. The first-order valence-corrected chi connectivity index (χ1v) is 8.28. The third-order valence-corrected chi connectivity index (χ3v) is 3.74. The van der Waals surface area contributed by atoms with Gasteiger partial charge in [-0.1, -0.05) is 18.2 Å². The van der Waals surface area contributed by atoms with Crippen LogP contribution < -0.4 is 10.2 Å². The van der Waals surface area contributed by atoms with Gasteiger partial charge in [0, 0.05) is 12.2 Å². The quantitative estimate of drug-likeness (QED) is 0.871. The highest BCUT2D eigenvalue weighted by Gasteiger charge is 2.32. The Labute approximate surface area is 147 Å². The molecule has 0 aliphatic carbocycles. The van der Waals surface area contributed by atoms with Crippen LogP contribution in [0.5, 0.6) is 0 Å². The minimum Gasteiger partial charge on any atom is -0.481 e. The molecule has 1 aromatic rings. The van der Waals surface area contributed by atoms with Gasteiger partial charge in [-0.15, -0.1) is 0 Å². The summed E-state index contributed by atoms with van der Waals surface area (Å²) in [6.07, 6.45) is 0.340. The summed E-state index contributed by atoms with van der Waals surface area (Å²) < 4.78 is 5.14. The SMILES string of the molecule is CC(C)(C)OC(=O)N[C@@H](CC(=O)O)C(=O)N1CCCc2ccccc21. The van der Waals surface area contributed by atoms with Gasteiger partial charge in [-0.2, -0.15) is 0 Å². The Balaban J connectivity index is 2.19. The first-order valence-electron chi connectivity index (χ1n) is 8.28. The summed E-state index contributed by atoms with van der Waals surface area (Å²) in [5.41, 5.74) is 1.06. The van der Waals surface area contributed by atoms with Gasteiger partial charge in [-0.25, -0.2) is 4.79 Å². The molecule has 1 heterocycles. The number of carbonyl (C=O) groups is 3. The smallest absolute Gasteiger partial charge is 0.408 e. The number of amides is 2. The molecule has 1 aliphatic rings. The zero-order valence-corrected chi connectivity index (χ0v) is 14.7. The van der Waals surface area contributed by atoms with Crippen molar-refractivity contribution in [2.24, 2.45) is 0 Å². The van der Waals surface area contributed by atoms with Crippen LogP contribution in [-0.4, -0.2) is 41.3 Å². The molecule has 0 fully saturated rings. The van der Waals surface area contributed by atoms with Crippen LogP contribution in [-0.2, 0) is 20.7 Å². The zero-order valence-electron chi connectivity index (χ0n) is 14.7. The van der Waals surface area contributed by atoms with Crippen molar-refractivity contribution in [2.75, 3.05) is 11.4 Å². The van der Waals surface area contributed by atoms with E-state index in [1.807, 2.05) is 24.3 Å². The lowest BCUT2D eigenvalue weighted by molar-refractivity contribution is -0.139. The number of ether oxygens (including phenoxy) is 1. The topological polar surface area (TPSA) is 95.9 Å². The summed E-state index contributed by atoms with van der Waals surface area (Å²) in [5.74, 6) is -1.61. The van der Waals surface area contributed by atoms with E-state index in [0.29, 0.717) is 6.54 Å². The molecule has 136 valence electrons. The average Bonchev–Trinajstić information content (AvgIpc) is 2.50. The lowest BCUT2D eigenvalue weighted by Gasteiger charge is -2.32. The number of alkyl carbamates (subject to hydrolysis) is 1. The van der Waals surface area contributed by atoms with Crippen LogP contribution in [0.15, 0.2) is 24.3 Å². The van der Waals surface area contributed by atoms with E-state index in [1.165, 1.54) is 0 Å². The molecule has 2 N–H and O–H groups in total. The molecule has 0 radical (unpaired) electrons. The van der Waals surface area contributed by atoms with Gasteiger partial charge in [0.15, 0.2) is 0 Å². The number of aryl methyl sites for hydroxylation is 1. The van der Waals surface area contributed by atoms with Crippen LogP contribution in [0.4, 0.5) is 10.5 Å². The lowest BCUT2D eigenvalue weighted by atomic mass is 10.0. The van der Waals surface area contributed by atoms with Gasteiger partial charge in [0.05, 0.1) is 6.42 Å². The van der Waals surface area contributed by atoms with Gasteiger partial charge in [0.25, 0.3) is 0 Å². The van der Waals surface area contributed by atoms with E-state index in [4.69, 9.17) is 9.84 Å². The molecular weight excluding hydrogens is 324 g/mol. The molecule has 2 amide bonds. The van der Waals surface area contributed by atoms with Gasteiger partial charge in [-0.05, 0) is 45.2 Å². The lowest BCUT2D eigenvalue weighted by Crippen LogP contribution is -2.51. The van der Waals surface area contributed by atoms with Gasteiger partial charge in [-0.3, -0.25) is 9.59 Å². The molecule has 25 heavy (non-hydrogen) atoms. The number of anilines is 1. The summed E-state index contributed by atoms with van der Waals surface area (Å²) in [7, 11) is 0. The number of rotatable bonds is 4. The molecule has 7 nitrogen and oxygen atoms in total. The molecule has 1 aromatic carbocycles. The molecule has 0 aromatic heterocycles. The molecule has 1 aliphatic heterocycles. The van der Waals surface area contributed by atoms with Crippen molar-refractivity contribution in [3.05, 3.63) is 29.8 Å². The van der Waals surface area contributed by atoms with Crippen molar-refractivity contribution in [1.29, 1.82) is 0 Å². The predicted molar refractivity (Wildman–Crippen MR) is 92.5 cm³/mol. The fourth-order valence-electron chi connectivity index (χ4n) is 2.78. The monoisotopic (exact) mass is 348 g/mol. The number of nitrogens with one attached hydrogen (secondary N) is 1. The highest BCUT2D eigenvalue weighted by molar-refractivity contribution is 6.01. The zero-order chi connectivity index (χ0) is 18.6. The first-order chi connectivity index (χ1) is 11.7. The number of carboxylic acid groups (broad SMARTS) is 1. The van der Waals surface area contributed by atoms with Crippen molar-refractivity contribution < 1.29 is 24.2 Å². The van der Waals surface area contributed by atoms with E-state index in [1.54, 1.807) is 25.7 Å². The van der Waals surface area contributed by atoms with Gasteiger partial charge in [0.1, 0.15) is 11.6 Å². The fourth-order valence-corrected chi connectivity index (χ4v) is 2.78. The standard InChI is InChI=1S/C18H24N2O5/c1-18(2,3)25-17(24)19-13(11-15(21)22)16(23)20-10-6-8-12-7-4-5-9-14(12)20/h4-5,7,9,13H,6,8,10-11H2,1-3H3,(H,19,24)(H,21,22)/t13-/m0/s1. The number of aliphatic carboxylic acids is 1. The second kappa shape index (κ2) is 7.55. The number of carbonyl (C=O) groups excluding carboxylic acids is 2. The summed E-state index contributed by atoms with van der Waals surface area (Å²) in [6, 6.07) is 6.33. The number of carboxylic acids is 1. The molecule has 0 spiro atoms. The molecule has 0 unspecified atom stereocenters. The molecule has 0 bridgehead atoms. The number of fused-ring (bicyclic) bond motifs is 1. The minimum absolute atomic E-state index is 0.444. The molecule has 7 heteroatoms. The summed E-state index contributed by atoms with van der Waals surface area (Å²) in [5, 5.41) is 11.5. The van der Waals surface area contributed by atoms with Crippen molar-refractivity contribution >= 4 is 23.7 Å². The van der Waals surface area contributed by atoms with E-state index in [-0.39, 0.29) is 0 Å². The summed E-state index contributed by atoms with van der Waals surface area (Å²) in [4.78, 5) is 37.6. The highest BCUT2D eigenvalue weighted by atomic mass is 16.6. The van der Waals surface area contributed by atoms with Crippen LogP contribution in [0.2, 0.25) is 0 Å². The molecular formula is C18H24N2O5. The maximum Gasteiger partial charge on any atom is 0.408 e. The maximum absolute atomic E-state index is 12.9. The van der Waals surface area contributed by atoms with Crippen LogP contribution >= 0.6 is 0 Å². The van der Waals surface area contributed by atoms with E-state index in [2.05, 4.69) is 5.32 Å². The highest BCUT2D eigenvalue weighted by Crippen LogP contribution is 2.27. The van der Waals surface area contributed by atoms with Gasteiger partial charge < -0.3 is 20.1 Å². The van der Waals surface area contributed by atoms with E-state index >= 15 is 0 Å². The Kier molecular flexibility index (Phi) is 5.66. The normalized spacial score (nSPS) is 15.1. The second-order valence-corrected chi connectivity index (χ2v) is 7.02. The predicted octanol–water partition coefficient (Wildman–Crippen LogP) is 2.33. The Morgan fingerprint density at radius 1 is 1.28 bits per heavy atom. The van der Waals surface area contributed by atoms with Crippen molar-refractivity contribution in [3.8, 4) is 0 Å². The van der Waals surface area contributed by atoms with Gasteiger partial charge in [0.2, 0.25) is 5.91 Å². The largest absolute Gasteiger partial charge is 0.481 e. The summed E-state index contributed by atoms with van der Waals surface area (Å²) in [6.45, 7) is 5.58. The Morgan fingerprint density at radius 3 is 2.60 bits per heavy atom. The van der Waals surface area contributed by atoms with Crippen LogP contribution in [0.1, 0.15) is 39.2 Å². The number of hydrogen-bond donors (Lipinski definition) is 2. The molecule has 2 rings (SSSR count). The number of benzene rings is 1. The molecule has 0 saturated heterocycles. The van der Waals surface area contributed by atoms with Gasteiger partial charge >= 0.3 is 12.1 Å². The van der Waals surface area contributed by atoms with Crippen molar-refractivity contribution in [1.82, 2.24) is 5.32 Å². The third kappa shape index (κ3) is 5.20. The van der Waals surface area contributed by atoms with E-state index in [0.717, 1.165) is 24.1 Å². The van der Waals surface area contributed by atoms with Crippen LogP contribution in [0.3, 0.4) is 0 Å². The Bertz CT molecular complexity index is 666. The maximum atomic E-state index is 12.9. The Hall–Kier alpha value is -2.57. The second-order valence-electron chi connectivity index (χ2n) is 7.02. The number of nitrogens with zero attached hydrogens (tertiary/aromatic N) is 1. The van der Waals surface area contributed by atoms with E-state index in [9.17, 15) is 14.4 Å². The number of para-hydroxylation sites is 1. The van der Waals surface area contributed by atoms with Crippen LogP contribution in [0.25, 0.3) is 0 Å². The van der Waals surface area contributed by atoms with Crippen LogP contribution in [0, 0.1) is 0 Å². The molecule has 1 atom stereocenters. The fraction of sp³-hybridized carbons (Fsp3) is 0.500. The number of hydrogen-bond acceptors (Lipinski definition) is 4. The van der Waals surface area contributed by atoms with E-state index < -0.39 is 36.0 Å². The van der Waals surface area contributed by atoms with Crippen molar-refractivity contribution in [2.45, 2.75) is 51.7 Å². The Morgan fingerprint density at radius 2 is 1.96 bits per heavy atom. The minimum atomic E-state index is -1.18. The first kappa shape index (κ1) is 18.8.